The maximum atomic E-state index is 12.6. The zero-order valence-electron chi connectivity index (χ0n) is 16.3. The fraction of sp³-hybridized carbons (Fsp3) is 0.350. The van der Waals surface area contributed by atoms with Gasteiger partial charge in [0.15, 0.2) is 0 Å². The summed E-state index contributed by atoms with van der Waals surface area (Å²) in [4.78, 5) is 12.6. The van der Waals surface area contributed by atoms with Gasteiger partial charge in [-0.3, -0.25) is 9.10 Å². The van der Waals surface area contributed by atoms with Gasteiger partial charge in [0.05, 0.1) is 18.0 Å². The van der Waals surface area contributed by atoms with Crippen LogP contribution < -0.4 is 14.4 Å². The third-order valence-electron chi connectivity index (χ3n) is 4.35. The number of nitrogens with one attached hydrogen (secondary N) is 1. The van der Waals surface area contributed by atoms with E-state index in [1.165, 1.54) is 11.4 Å². The van der Waals surface area contributed by atoms with Crippen molar-refractivity contribution in [3.63, 3.8) is 0 Å². The smallest absolute Gasteiger partial charge is 0.251 e. The van der Waals surface area contributed by atoms with Crippen LogP contribution in [-0.4, -0.2) is 40.3 Å². The van der Waals surface area contributed by atoms with Crippen LogP contribution in [0, 0.1) is 13.8 Å². The quantitative estimate of drug-likeness (QED) is 0.789. The fourth-order valence-electron chi connectivity index (χ4n) is 2.67. The third-order valence-corrected chi connectivity index (χ3v) is 5.54. The number of aryl methyl sites for hydroxylation is 1. The first kappa shape index (κ1) is 20.8. The highest BCUT2D eigenvalue weighted by Gasteiger charge is 2.19. The minimum Gasteiger partial charge on any atom is -0.491 e. The average molecular weight is 391 g/mol. The molecule has 2 rings (SSSR count). The Balaban J connectivity index is 2.08. The summed E-state index contributed by atoms with van der Waals surface area (Å²) in [6.45, 7) is 5.89. The molecule has 7 heteroatoms. The molecule has 0 aliphatic heterocycles. The third kappa shape index (κ3) is 5.23. The SMILES string of the molecule is Cc1ccccc1OC[C@H](C)NC(=O)c1cccc(N(C)S(C)(=O)=O)c1C. The molecular weight excluding hydrogens is 364 g/mol. The normalized spacial score (nSPS) is 12.3. The van der Waals surface area contributed by atoms with E-state index in [4.69, 9.17) is 4.74 Å². The van der Waals surface area contributed by atoms with Crippen molar-refractivity contribution in [1.82, 2.24) is 5.32 Å². The maximum absolute atomic E-state index is 12.6. The van der Waals surface area contributed by atoms with Gasteiger partial charge >= 0.3 is 0 Å². The summed E-state index contributed by atoms with van der Waals surface area (Å²) in [7, 11) is -1.94. The van der Waals surface area contributed by atoms with Gasteiger partial charge in [0, 0.05) is 12.6 Å². The van der Waals surface area contributed by atoms with Crippen LogP contribution in [-0.2, 0) is 10.0 Å². The van der Waals surface area contributed by atoms with Crippen molar-refractivity contribution in [2.45, 2.75) is 26.8 Å². The lowest BCUT2D eigenvalue weighted by molar-refractivity contribution is 0.0926. The molecule has 0 spiro atoms. The molecule has 1 N–H and O–H groups in total. The predicted octanol–water partition coefficient (Wildman–Crippen LogP) is 2.90. The molecule has 0 unspecified atom stereocenters. The lowest BCUT2D eigenvalue weighted by Gasteiger charge is -2.21. The van der Waals surface area contributed by atoms with Gasteiger partial charge in [-0.05, 0) is 50.1 Å². The second-order valence-electron chi connectivity index (χ2n) is 6.63. The number of para-hydroxylation sites is 1. The monoisotopic (exact) mass is 390 g/mol. The van der Waals surface area contributed by atoms with Gasteiger partial charge in [-0.1, -0.05) is 24.3 Å². The maximum Gasteiger partial charge on any atom is 0.251 e. The van der Waals surface area contributed by atoms with Gasteiger partial charge in [-0.2, -0.15) is 0 Å². The van der Waals surface area contributed by atoms with Gasteiger partial charge in [-0.25, -0.2) is 8.42 Å². The van der Waals surface area contributed by atoms with E-state index in [0.717, 1.165) is 17.6 Å². The number of anilines is 1. The minimum atomic E-state index is -3.41. The molecule has 0 aliphatic carbocycles. The van der Waals surface area contributed by atoms with E-state index in [-0.39, 0.29) is 11.9 Å². The van der Waals surface area contributed by atoms with E-state index in [2.05, 4.69) is 5.32 Å². The topological polar surface area (TPSA) is 75.7 Å². The van der Waals surface area contributed by atoms with Crippen LogP contribution in [0.15, 0.2) is 42.5 Å². The van der Waals surface area contributed by atoms with E-state index < -0.39 is 10.0 Å². The Bertz CT molecular complexity index is 925. The Morgan fingerprint density at radius 3 is 2.44 bits per heavy atom. The molecule has 6 nitrogen and oxygen atoms in total. The van der Waals surface area contributed by atoms with E-state index in [0.29, 0.717) is 23.4 Å². The van der Waals surface area contributed by atoms with Crippen LogP contribution in [0.4, 0.5) is 5.69 Å². The Kier molecular flexibility index (Phi) is 6.49. The fourth-order valence-corrected chi connectivity index (χ4v) is 3.22. The summed E-state index contributed by atoms with van der Waals surface area (Å²) in [6.07, 6.45) is 1.13. The number of carbonyl (C=O) groups is 1. The molecule has 0 saturated heterocycles. The Labute approximate surface area is 161 Å². The number of rotatable bonds is 7. The lowest BCUT2D eigenvalue weighted by Crippen LogP contribution is -2.37. The predicted molar refractivity (Wildman–Crippen MR) is 108 cm³/mol. The molecule has 27 heavy (non-hydrogen) atoms. The zero-order valence-corrected chi connectivity index (χ0v) is 17.1. The molecule has 1 amide bonds. The first-order chi connectivity index (χ1) is 12.6. The highest BCUT2D eigenvalue weighted by Crippen LogP contribution is 2.24. The Morgan fingerprint density at radius 1 is 1.15 bits per heavy atom. The average Bonchev–Trinajstić information content (AvgIpc) is 2.59. The molecule has 1 atom stereocenters. The van der Waals surface area contributed by atoms with E-state index in [9.17, 15) is 13.2 Å². The Hall–Kier alpha value is -2.54. The van der Waals surface area contributed by atoms with Crippen LogP contribution in [0.1, 0.15) is 28.4 Å². The van der Waals surface area contributed by atoms with Gasteiger partial charge in [0.2, 0.25) is 10.0 Å². The van der Waals surface area contributed by atoms with Crippen LogP contribution in [0.2, 0.25) is 0 Å². The van der Waals surface area contributed by atoms with Gasteiger partial charge < -0.3 is 10.1 Å². The van der Waals surface area contributed by atoms with Gasteiger partial charge in [0.25, 0.3) is 5.91 Å². The van der Waals surface area contributed by atoms with Crippen molar-refractivity contribution in [3.8, 4) is 5.75 Å². The van der Waals surface area contributed by atoms with Crippen LogP contribution in [0.25, 0.3) is 0 Å². The summed E-state index contributed by atoms with van der Waals surface area (Å²) >= 11 is 0. The van der Waals surface area contributed by atoms with Crippen molar-refractivity contribution in [1.29, 1.82) is 0 Å². The van der Waals surface area contributed by atoms with Crippen molar-refractivity contribution < 1.29 is 17.9 Å². The number of nitrogens with zero attached hydrogens (tertiary/aromatic N) is 1. The molecule has 146 valence electrons. The molecule has 0 bridgehead atoms. The van der Waals surface area contributed by atoms with Gasteiger partial charge in [-0.15, -0.1) is 0 Å². The van der Waals surface area contributed by atoms with Crippen molar-refractivity contribution in [2.75, 3.05) is 24.2 Å². The summed E-state index contributed by atoms with van der Waals surface area (Å²) in [5.74, 6) is 0.517. The van der Waals surface area contributed by atoms with Crippen molar-refractivity contribution in [2.24, 2.45) is 0 Å². The molecule has 2 aromatic carbocycles. The number of amides is 1. The molecule has 2 aromatic rings. The number of ether oxygens (including phenoxy) is 1. The number of carbonyl (C=O) groups excluding carboxylic acids is 1. The molecule has 0 fully saturated rings. The zero-order chi connectivity index (χ0) is 20.2. The van der Waals surface area contributed by atoms with Crippen LogP contribution in [0.5, 0.6) is 5.75 Å². The van der Waals surface area contributed by atoms with E-state index in [1.807, 2.05) is 38.1 Å². The Morgan fingerprint density at radius 2 is 1.81 bits per heavy atom. The minimum absolute atomic E-state index is 0.215. The second kappa shape index (κ2) is 8.43. The first-order valence-electron chi connectivity index (χ1n) is 8.64. The summed E-state index contributed by atoms with van der Waals surface area (Å²) in [6, 6.07) is 12.5. The van der Waals surface area contributed by atoms with Crippen LogP contribution >= 0.6 is 0 Å². The number of hydrogen-bond acceptors (Lipinski definition) is 4. The highest BCUT2D eigenvalue weighted by atomic mass is 32.2. The van der Waals surface area contributed by atoms with Crippen molar-refractivity contribution >= 4 is 21.6 Å². The van der Waals surface area contributed by atoms with Crippen LogP contribution in [0.3, 0.4) is 0 Å². The number of sulfonamides is 1. The number of hydrogen-bond donors (Lipinski definition) is 1. The van der Waals surface area contributed by atoms with E-state index in [1.54, 1.807) is 25.1 Å². The molecule has 0 aliphatic rings. The molecule has 0 heterocycles. The molecule has 0 aromatic heterocycles. The molecular formula is C20H26N2O4S. The second-order valence-corrected chi connectivity index (χ2v) is 8.64. The number of benzene rings is 2. The summed E-state index contributed by atoms with van der Waals surface area (Å²) in [5.41, 5.74) is 2.55. The largest absolute Gasteiger partial charge is 0.491 e. The first-order valence-corrected chi connectivity index (χ1v) is 10.5. The highest BCUT2D eigenvalue weighted by molar-refractivity contribution is 7.92. The molecule has 0 saturated carbocycles. The van der Waals surface area contributed by atoms with E-state index >= 15 is 0 Å². The molecule has 0 radical (unpaired) electrons. The van der Waals surface area contributed by atoms with Crippen molar-refractivity contribution in [3.05, 3.63) is 59.2 Å². The standard InChI is InChI=1S/C20H26N2O4S/c1-14-9-6-7-12-19(14)26-13-15(2)21-20(23)17-10-8-11-18(16(17)3)22(4)27(5,24)25/h6-12,15H,13H2,1-5H3,(H,21,23)/t15-/m0/s1. The summed E-state index contributed by atoms with van der Waals surface area (Å²) in [5, 5.41) is 2.90. The lowest BCUT2D eigenvalue weighted by atomic mass is 10.1. The summed E-state index contributed by atoms with van der Waals surface area (Å²) < 4.78 is 30.5. The van der Waals surface area contributed by atoms with Gasteiger partial charge in [0.1, 0.15) is 12.4 Å².